The van der Waals surface area contributed by atoms with E-state index in [0.29, 0.717) is 27.4 Å². The van der Waals surface area contributed by atoms with Crippen molar-refractivity contribution in [2.45, 2.75) is 12.1 Å². The van der Waals surface area contributed by atoms with E-state index in [-0.39, 0.29) is 5.75 Å². The molecule has 0 fully saturated rings. The molecular formula is C15H14ClN5O2S. The fourth-order valence-corrected chi connectivity index (χ4v) is 3.06. The van der Waals surface area contributed by atoms with Gasteiger partial charge in [-0.1, -0.05) is 35.5 Å². The van der Waals surface area contributed by atoms with Gasteiger partial charge in [-0.2, -0.15) is 5.10 Å². The number of nitrogens with zero attached hydrogens (tertiary/aromatic N) is 5. The van der Waals surface area contributed by atoms with Crippen molar-refractivity contribution in [3.63, 3.8) is 0 Å². The third-order valence-electron chi connectivity index (χ3n) is 3.39. The third kappa shape index (κ3) is 3.15. The number of benzene rings is 1. The van der Waals surface area contributed by atoms with Gasteiger partial charge >= 0.3 is 5.97 Å². The molecular weight excluding hydrogens is 350 g/mol. The van der Waals surface area contributed by atoms with Gasteiger partial charge in [0.1, 0.15) is 5.69 Å². The van der Waals surface area contributed by atoms with E-state index in [0.717, 1.165) is 17.5 Å². The molecule has 0 saturated carbocycles. The summed E-state index contributed by atoms with van der Waals surface area (Å²) in [6, 6.07) is 9.15. The van der Waals surface area contributed by atoms with Gasteiger partial charge in [-0.3, -0.25) is 14.0 Å². The van der Waals surface area contributed by atoms with Gasteiger partial charge in [-0.25, -0.2) is 0 Å². The maximum atomic E-state index is 10.9. The van der Waals surface area contributed by atoms with Crippen molar-refractivity contribution >= 4 is 29.3 Å². The largest absolute Gasteiger partial charge is 0.481 e. The number of thioether (sulfide) groups is 1. The number of halogens is 1. The zero-order chi connectivity index (χ0) is 17.3. The Bertz CT molecular complexity index is 886. The second kappa shape index (κ2) is 6.66. The van der Waals surface area contributed by atoms with Crippen LogP contribution in [0.1, 0.15) is 5.69 Å². The average molecular weight is 364 g/mol. The van der Waals surface area contributed by atoms with Gasteiger partial charge in [0.25, 0.3) is 0 Å². The Morgan fingerprint density at radius 2 is 2.08 bits per heavy atom. The summed E-state index contributed by atoms with van der Waals surface area (Å²) in [5.41, 5.74) is 2.29. The molecule has 3 aromatic rings. The van der Waals surface area contributed by atoms with Gasteiger partial charge in [-0.15, -0.1) is 10.2 Å². The maximum absolute atomic E-state index is 10.9. The SMILES string of the molecule is Cc1cc(-c2nnc(SCC(=O)O)n2-c2ccccc2Cl)nn1C. The van der Waals surface area contributed by atoms with E-state index >= 15 is 0 Å². The van der Waals surface area contributed by atoms with E-state index in [1.54, 1.807) is 15.3 Å². The summed E-state index contributed by atoms with van der Waals surface area (Å²) in [7, 11) is 1.84. The first-order valence-corrected chi connectivity index (χ1v) is 8.39. The molecule has 0 aliphatic carbocycles. The third-order valence-corrected chi connectivity index (χ3v) is 4.63. The predicted octanol–water partition coefficient (Wildman–Crippen LogP) is 2.81. The number of aliphatic carboxylic acids is 1. The highest BCUT2D eigenvalue weighted by molar-refractivity contribution is 7.99. The zero-order valence-electron chi connectivity index (χ0n) is 13.0. The van der Waals surface area contributed by atoms with E-state index in [2.05, 4.69) is 15.3 Å². The Morgan fingerprint density at radius 1 is 1.33 bits per heavy atom. The van der Waals surface area contributed by atoms with Crippen molar-refractivity contribution in [3.8, 4) is 17.2 Å². The molecule has 24 heavy (non-hydrogen) atoms. The second-order valence-corrected chi connectivity index (χ2v) is 6.42. The Balaban J connectivity index is 2.16. The van der Waals surface area contributed by atoms with Gasteiger partial charge in [0.2, 0.25) is 0 Å². The van der Waals surface area contributed by atoms with Crippen LogP contribution in [0, 0.1) is 6.92 Å². The van der Waals surface area contributed by atoms with Crippen LogP contribution in [0.15, 0.2) is 35.5 Å². The van der Waals surface area contributed by atoms with Crippen LogP contribution in [0.3, 0.4) is 0 Å². The molecule has 0 aliphatic heterocycles. The van der Waals surface area contributed by atoms with E-state index in [1.807, 2.05) is 38.2 Å². The Hall–Kier alpha value is -2.32. The van der Waals surface area contributed by atoms with Gasteiger partial charge in [0.15, 0.2) is 11.0 Å². The number of para-hydroxylation sites is 1. The molecule has 0 spiro atoms. The first-order chi connectivity index (χ1) is 11.5. The quantitative estimate of drug-likeness (QED) is 0.701. The van der Waals surface area contributed by atoms with Crippen LogP contribution in [0.4, 0.5) is 0 Å². The highest BCUT2D eigenvalue weighted by atomic mass is 35.5. The average Bonchev–Trinajstić information content (AvgIpc) is 3.09. The number of hydrogen-bond donors (Lipinski definition) is 1. The topological polar surface area (TPSA) is 85.8 Å². The minimum Gasteiger partial charge on any atom is -0.481 e. The molecule has 7 nitrogen and oxygen atoms in total. The van der Waals surface area contributed by atoms with E-state index in [9.17, 15) is 4.79 Å². The highest BCUT2D eigenvalue weighted by Crippen LogP contribution is 2.30. The van der Waals surface area contributed by atoms with Crippen molar-refractivity contribution < 1.29 is 9.90 Å². The number of rotatable bonds is 5. The number of aromatic nitrogens is 5. The normalized spacial score (nSPS) is 11.0. The zero-order valence-corrected chi connectivity index (χ0v) is 14.5. The first kappa shape index (κ1) is 16.5. The maximum Gasteiger partial charge on any atom is 0.313 e. The Kier molecular flexibility index (Phi) is 4.59. The molecule has 2 heterocycles. The van der Waals surface area contributed by atoms with Crippen molar-refractivity contribution in [3.05, 3.63) is 41.0 Å². The minimum atomic E-state index is -0.927. The summed E-state index contributed by atoms with van der Waals surface area (Å²) in [6.45, 7) is 1.94. The summed E-state index contributed by atoms with van der Waals surface area (Å²) in [5.74, 6) is -0.535. The van der Waals surface area contributed by atoms with Crippen molar-refractivity contribution in [2.24, 2.45) is 7.05 Å². The van der Waals surface area contributed by atoms with Crippen molar-refractivity contribution in [1.82, 2.24) is 24.5 Å². The molecule has 2 aromatic heterocycles. The summed E-state index contributed by atoms with van der Waals surface area (Å²) in [6.07, 6.45) is 0. The number of hydrogen-bond acceptors (Lipinski definition) is 5. The molecule has 0 amide bonds. The fourth-order valence-electron chi connectivity index (χ4n) is 2.18. The standard InChI is InChI=1S/C15H14ClN5O2S/c1-9-7-11(19-20(9)2)14-17-18-15(24-8-13(22)23)21(14)12-6-4-3-5-10(12)16/h3-7H,8H2,1-2H3,(H,22,23). The molecule has 0 saturated heterocycles. The van der Waals surface area contributed by atoms with Crippen LogP contribution in [0.5, 0.6) is 0 Å². The summed E-state index contributed by atoms with van der Waals surface area (Å²) < 4.78 is 3.47. The smallest absolute Gasteiger partial charge is 0.313 e. The highest BCUT2D eigenvalue weighted by Gasteiger charge is 2.20. The molecule has 9 heteroatoms. The molecule has 0 radical (unpaired) electrons. The number of carboxylic acid groups (broad SMARTS) is 1. The van der Waals surface area contributed by atoms with Crippen LogP contribution in [0.2, 0.25) is 5.02 Å². The van der Waals surface area contributed by atoms with E-state index in [1.165, 1.54) is 0 Å². The van der Waals surface area contributed by atoms with Crippen molar-refractivity contribution in [1.29, 1.82) is 0 Å². The fraction of sp³-hybridized carbons (Fsp3) is 0.200. The number of carbonyl (C=O) groups is 1. The second-order valence-electron chi connectivity index (χ2n) is 5.07. The molecule has 124 valence electrons. The molecule has 3 rings (SSSR count). The number of aryl methyl sites for hydroxylation is 2. The lowest BCUT2D eigenvalue weighted by atomic mass is 10.3. The molecule has 0 bridgehead atoms. The number of carboxylic acids is 1. The lowest BCUT2D eigenvalue weighted by Gasteiger charge is -2.10. The van der Waals surface area contributed by atoms with E-state index in [4.69, 9.17) is 16.7 Å². The summed E-state index contributed by atoms with van der Waals surface area (Å²) in [5, 5.41) is 22.7. The molecule has 0 atom stereocenters. The predicted molar refractivity (Wildman–Crippen MR) is 91.7 cm³/mol. The van der Waals surface area contributed by atoms with Gasteiger partial charge in [0, 0.05) is 12.7 Å². The monoisotopic (exact) mass is 363 g/mol. The van der Waals surface area contributed by atoms with Gasteiger partial charge < -0.3 is 5.11 Å². The summed E-state index contributed by atoms with van der Waals surface area (Å²) in [4.78, 5) is 10.9. The van der Waals surface area contributed by atoms with Crippen LogP contribution in [-0.4, -0.2) is 41.4 Å². The van der Waals surface area contributed by atoms with Crippen LogP contribution in [-0.2, 0) is 11.8 Å². The molecule has 0 unspecified atom stereocenters. The lowest BCUT2D eigenvalue weighted by Crippen LogP contribution is -2.04. The van der Waals surface area contributed by atoms with Gasteiger partial charge in [-0.05, 0) is 25.1 Å². The van der Waals surface area contributed by atoms with E-state index < -0.39 is 5.97 Å². The van der Waals surface area contributed by atoms with Gasteiger partial charge in [0.05, 0.1) is 16.5 Å². The lowest BCUT2D eigenvalue weighted by molar-refractivity contribution is -0.133. The van der Waals surface area contributed by atoms with Crippen LogP contribution < -0.4 is 0 Å². The molecule has 1 N–H and O–H groups in total. The summed E-state index contributed by atoms with van der Waals surface area (Å²) >= 11 is 7.40. The van der Waals surface area contributed by atoms with Crippen LogP contribution in [0.25, 0.3) is 17.2 Å². The molecule has 0 aliphatic rings. The molecule has 1 aromatic carbocycles. The minimum absolute atomic E-state index is 0.121. The first-order valence-electron chi connectivity index (χ1n) is 7.03. The Labute approximate surface area is 147 Å². The Morgan fingerprint density at radius 3 is 2.71 bits per heavy atom. The van der Waals surface area contributed by atoms with Crippen LogP contribution >= 0.6 is 23.4 Å². The van der Waals surface area contributed by atoms with Crippen molar-refractivity contribution in [2.75, 3.05) is 5.75 Å².